The Labute approximate surface area is 121 Å². The maximum absolute atomic E-state index is 6.35. The SMILES string of the molecule is CCC(N)Cc1ccc(N(C)CCCOC)c(Cl)c1. The summed E-state index contributed by atoms with van der Waals surface area (Å²) in [4.78, 5) is 2.16. The van der Waals surface area contributed by atoms with Gasteiger partial charge in [0.1, 0.15) is 0 Å². The maximum atomic E-state index is 6.35. The van der Waals surface area contributed by atoms with Gasteiger partial charge in [0.2, 0.25) is 0 Å². The van der Waals surface area contributed by atoms with Crippen LogP contribution < -0.4 is 10.6 Å². The molecule has 0 aromatic heterocycles. The lowest BCUT2D eigenvalue weighted by atomic mass is 10.0. The minimum atomic E-state index is 0.210. The summed E-state index contributed by atoms with van der Waals surface area (Å²) in [5.74, 6) is 0. The Balaban J connectivity index is 2.65. The van der Waals surface area contributed by atoms with Crippen molar-refractivity contribution in [2.24, 2.45) is 5.73 Å². The largest absolute Gasteiger partial charge is 0.385 e. The van der Waals surface area contributed by atoms with E-state index in [2.05, 4.69) is 24.0 Å². The van der Waals surface area contributed by atoms with E-state index < -0.39 is 0 Å². The van der Waals surface area contributed by atoms with E-state index in [0.29, 0.717) is 0 Å². The highest BCUT2D eigenvalue weighted by molar-refractivity contribution is 6.33. The van der Waals surface area contributed by atoms with Crippen LogP contribution in [0, 0.1) is 0 Å². The molecule has 0 heterocycles. The fourth-order valence-corrected chi connectivity index (χ4v) is 2.35. The fraction of sp³-hybridized carbons (Fsp3) is 0.600. The third kappa shape index (κ3) is 5.39. The molecule has 0 aliphatic carbocycles. The van der Waals surface area contributed by atoms with E-state index in [4.69, 9.17) is 22.1 Å². The lowest BCUT2D eigenvalue weighted by molar-refractivity contribution is 0.196. The lowest BCUT2D eigenvalue weighted by Crippen LogP contribution is -2.22. The topological polar surface area (TPSA) is 38.5 Å². The number of hydrogen-bond donors (Lipinski definition) is 1. The number of ether oxygens (including phenoxy) is 1. The molecule has 1 unspecified atom stereocenters. The normalized spacial score (nSPS) is 12.5. The van der Waals surface area contributed by atoms with Gasteiger partial charge in [0.25, 0.3) is 0 Å². The molecule has 1 aromatic rings. The van der Waals surface area contributed by atoms with Crippen LogP contribution in [-0.2, 0) is 11.2 Å². The van der Waals surface area contributed by atoms with Crippen LogP contribution >= 0.6 is 11.6 Å². The summed E-state index contributed by atoms with van der Waals surface area (Å²) in [5.41, 5.74) is 8.23. The first kappa shape index (κ1) is 16.3. The molecule has 0 spiro atoms. The zero-order chi connectivity index (χ0) is 14.3. The van der Waals surface area contributed by atoms with Gasteiger partial charge in [0.15, 0.2) is 0 Å². The van der Waals surface area contributed by atoms with Gasteiger partial charge in [-0.15, -0.1) is 0 Å². The minimum absolute atomic E-state index is 0.210. The molecule has 0 saturated carbocycles. The Morgan fingerprint density at radius 3 is 2.74 bits per heavy atom. The maximum Gasteiger partial charge on any atom is 0.0642 e. The van der Waals surface area contributed by atoms with Crippen LogP contribution in [-0.4, -0.2) is 33.4 Å². The van der Waals surface area contributed by atoms with E-state index in [1.165, 1.54) is 5.56 Å². The molecule has 1 atom stereocenters. The first-order valence-corrected chi connectivity index (χ1v) is 7.20. The van der Waals surface area contributed by atoms with Gasteiger partial charge in [0, 0.05) is 33.4 Å². The van der Waals surface area contributed by atoms with Crippen LogP contribution in [0.5, 0.6) is 0 Å². The van der Waals surface area contributed by atoms with Crippen LogP contribution in [0.4, 0.5) is 5.69 Å². The molecular formula is C15H25ClN2O. The van der Waals surface area contributed by atoms with Crippen molar-refractivity contribution in [3.05, 3.63) is 28.8 Å². The van der Waals surface area contributed by atoms with Gasteiger partial charge in [0.05, 0.1) is 10.7 Å². The predicted molar refractivity (Wildman–Crippen MR) is 83.2 cm³/mol. The number of nitrogens with two attached hydrogens (primary N) is 1. The second-order valence-electron chi connectivity index (χ2n) is 4.93. The van der Waals surface area contributed by atoms with Crippen LogP contribution in [0.25, 0.3) is 0 Å². The molecule has 0 saturated heterocycles. The van der Waals surface area contributed by atoms with Crippen molar-refractivity contribution in [3.8, 4) is 0 Å². The van der Waals surface area contributed by atoms with Crippen LogP contribution in [0.3, 0.4) is 0 Å². The monoisotopic (exact) mass is 284 g/mol. The molecule has 2 N–H and O–H groups in total. The van der Waals surface area contributed by atoms with E-state index in [1.807, 2.05) is 13.1 Å². The molecule has 0 radical (unpaired) electrons. The molecule has 108 valence electrons. The zero-order valence-corrected chi connectivity index (χ0v) is 12.9. The summed E-state index contributed by atoms with van der Waals surface area (Å²) < 4.78 is 5.06. The highest BCUT2D eigenvalue weighted by atomic mass is 35.5. The van der Waals surface area contributed by atoms with Gasteiger partial charge in [-0.05, 0) is 37.0 Å². The number of methoxy groups -OCH3 is 1. The molecule has 0 bridgehead atoms. The van der Waals surface area contributed by atoms with Gasteiger partial charge in [-0.25, -0.2) is 0 Å². The number of anilines is 1. The third-order valence-electron chi connectivity index (χ3n) is 3.29. The molecule has 19 heavy (non-hydrogen) atoms. The Morgan fingerprint density at radius 1 is 1.42 bits per heavy atom. The summed E-state index contributed by atoms with van der Waals surface area (Å²) in [6.07, 6.45) is 2.85. The minimum Gasteiger partial charge on any atom is -0.385 e. The molecule has 0 aliphatic heterocycles. The van der Waals surface area contributed by atoms with Crippen LogP contribution in [0.1, 0.15) is 25.3 Å². The Kier molecular flexibility index (Phi) is 7.21. The van der Waals surface area contributed by atoms with Crippen molar-refractivity contribution in [1.82, 2.24) is 0 Å². The molecule has 3 nitrogen and oxygen atoms in total. The smallest absolute Gasteiger partial charge is 0.0642 e. The Bertz CT molecular complexity index is 384. The molecule has 1 rings (SSSR count). The molecule has 4 heteroatoms. The first-order chi connectivity index (χ1) is 9.08. The average molecular weight is 285 g/mol. The molecular weight excluding hydrogens is 260 g/mol. The fourth-order valence-electron chi connectivity index (χ4n) is 2.00. The van der Waals surface area contributed by atoms with Gasteiger partial charge < -0.3 is 15.4 Å². The van der Waals surface area contributed by atoms with Crippen LogP contribution in [0.15, 0.2) is 18.2 Å². The second-order valence-corrected chi connectivity index (χ2v) is 5.33. The van der Waals surface area contributed by atoms with Crippen molar-refractivity contribution >= 4 is 17.3 Å². The van der Waals surface area contributed by atoms with Crippen LogP contribution in [0.2, 0.25) is 5.02 Å². The summed E-state index contributed by atoms with van der Waals surface area (Å²) in [6, 6.07) is 6.43. The third-order valence-corrected chi connectivity index (χ3v) is 3.59. The quantitative estimate of drug-likeness (QED) is 0.746. The summed E-state index contributed by atoms with van der Waals surface area (Å²) in [6.45, 7) is 3.80. The van der Waals surface area contributed by atoms with Crippen molar-refractivity contribution in [1.29, 1.82) is 0 Å². The highest BCUT2D eigenvalue weighted by Gasteiger charge is 2.08. The van der Waals surface area contributed by atoms with Gasteiger partial charge >= 0.3 is 0 Å². The van der Waals surface area contributed by atoms with Crippen molar-refractivity contribution in [2.45, 2.75) is 32.2 Å². The van der Waals surface area contributed by atoms with E-state index in [-0.39, 0.29) is 6.04 Å². The number of hydrogen-bond acceptors (Lipinski definition) is 3. The molecule has 0 fully saturated rings. The lowest BCUT2D eigenvalue weighted by Gasteiger charge is -2.21. The second kappa shape index (κ2) is 8.41. The first-order valence-electron chi connectivity index (χ1n) is 6.82. The Hall–Kier alpha value is -0.770. The van der Waals surface area contributed by atoms with E-state index in [1.54, 1.807) is 7.11 Å². The molecule has 0 aliphatic rings. The predicted octanol–water partition coefficient (Wildman–Crippen LogP) is 3.09. The van der Waals surface area contributed by atoms with Crippen molar-refractivity contribution < 1.29 is 4.74 Å². The number of nitrogens with zero attached hydrogens (tertiary/aromatic N) is 1. The standard InChI is InChI=1S/C15H25ClN2O/c1-4-13(17)10-12-6-7-15(14(16)11-12)18(2)8-5-9-19-3/h6-7,11,13H,4-5,8-10,17H2,1-3H3. The van der Waals surface area contributed by atoms with Crippen molar-refractivity contribution in [3.63, 3.8) is 0 Å². The number of benzene rings is 1. The summed E-state index contributed by atoms with van der Waals surface area (Å²) in [5, 5.41) is 0.792. The zero-order valence-electron chi connectivity index (χ0n) is 12.2. The molecule has 1 aromatic carbocycles. The summed E-state index contributed by atoms with van der Waals surface area (Å²) in [7, 11) is 3.77. The van der Waals surface area contributed by atoms with Gasteiger partial charge in [-0.1, -0.05) is 24.6 Å². The van der Waals surface area contributed by atoms with E-state index >= 15 is 0 Å². The Morgan fingerprint density at radius 2 is 2.16 bits per heavy atom. The number of rotatable bonds is 8. The highest BCUT2D eigenvalue weighted by Crippen LogP contribution is 2.26. The number of halogens is 1. The average Bonchev–Trinajstić information content (AvgIpc) is 2.38. The van der Waals surface area contributed by atoms with Crippen molar-refractivity contribution in [2.75, 3.05) is 32.2 Å². The molecule has 0 amide bonds. The van der Waals surface area contributed by atoms with E-state index in [9.17, 15) is 0 Å². The van der Waals surface area contributed by atoms with Gasteiger partial charge in [-0.2, -0.15) is 0 Å². The van der Waals surface area contributed by atoms with Gasteiger partial charge in [-0.3, -0.25) is 0 Å². The van der Waals surface area contributed by atoms with E-state index in [0.717, 1.165) is 43.1 Å². The summed E-state index contributed by atoms with van der Waals surface area (Å²) >= 11 is 6.35.